The fraction of sp³-hybridized carbons (Fsp3) is 0. The van der Waals surface area contributed by atoms with E-state index in [2.05, 4.69) is 254 Å². The number of hydrogen-bond acceptors (Lipinski definition) is 1. The Morgan fingerprint density at radius 3 is 1.48 bits per heavy atom. The average molecular weight is 800 g/mol. The first-order valence-corrected chi connectivity index (χ1v) is 21.7. The van der Waals surface area contributed by atoms with Gasteiger partial charge < -0.3 is 4.90 Å². The topological polar surface area (TPSA) is 3.24 Å². The van der Waals surface area contributed by atoms with E-state index in [1.165, 1.54) is 81.7 Å². The van der Waals surface area contributed by atoms with Crippen LogP contribution in [0.1, 0.15) is 0 Å². The van der Waals surface area contributed by atoms with E-state index in [0.29, 0.717) is 0 Å². The summed E-state index contributed by atoms with van der Waals surface area (Å²) in [7, 11) is 0. The molecule has 63 heavy (non-hydrogen) atoms. The van der Waals surface area contributed by atoms with Crippen molar-refractivity contribution in [1.29, 1.82) is 0 Å². The predicted molar refractivity (Wildman–Crippen MR) is 270 cm³/mol. The standard InChI is InChI=1S/C62H41N/c1-3-15-42(16-4-1)50-37-51(43-27-29-47(30-28-43)60-41-49-34-32-46-20-8-10-23-57(46)62(49)59-25-12-11-24-58(59)60)40-53(39-50)63(61-26-14-13-22-56(61)44-17-5-2-6-18-44)52-35-36-55-48(38-52)33-31-45-19-7-9-21-54(45)55/h1-41H. The van der Waals surface area contributed by atoms with Gasteiger partial charge in [-0.1, -0.05) is 206 Å². The van der Waals surface area contributed by atoms with Crippen molar-refractivity contribution in [1.82, 2.24) is 0 Å². The largest absolute Gasteiger partial charge is 0.310 e. The average Bonchev–Trinajstić information content (AvgIpc) is 3.36. The van der Waals surface area contributed by atoms with Crippen molar-refractivity contribution < 1.29 is 0 Å². The highest BCUT2D eigenvalue weighted by atomic mass is 15.1. The van der Waals surface area contributed by atoms with Crippen LogP contribution in [0, 0.1) is 0 Å². The molecule has 1 nitrogen and oxygen atoms in total. The zero-order valence-electron chi connectivity index (χ0n) is 34.6. The summed E-state index contributed by atoms with van der Waals surface area (Å²) in [6.07, 6.45) is 0. The predicted octanol–water partition coefficient (Wildman–Crippen LogP) is 17.6. The minimum absolute atomic E-state index is 1.09. The molecule has 0 aromatic heterocycles. The number of benzene rings is 12. The summed E-state index contributed by atoms with van der Waals surface area (Å²) in [6.45, 7) is 0. The van der Waals surface area contributed by atoms with Gasteiger partial charge in [-0.05, 0) is 135 Å². The zero-order valence-corrected chi connectivity index (χ0v) is 34.6. The van der Waals surface area contributed by atoms with E-state index in [1.807, 2.05) is 0 Å². The fourth-order valence-electron chi connectivity index (χ4n) is 9.76. The number of rotatable bonds is 7. The van der Waals surface area contributed by atoms with E-state index in [4.69, 9.17) is 0 Å². The van der Waals surface area contributed by atoms with Crippen LogP contribution in [0.3, 0.4) is 0 Å². The van der Waals surface area contributed by atoms with Crippen LogP contribution in [0.4, 0.5) is 17.1 Å². The Labute approximate surface area is 367 Å². The number of fused-ring (bicyclic) bond motifs is 8. The fourth-order valence-corrected chi connectivity index (χ4v) is 9.76. The van der Waals surface area contributed by atoms with Crippen molar-refractivity contribution in [3.63, 3.8) is 0 Å². The molecule has 0 saturated carbocycles. The van der Waals surface area contributed by atoms with Gasteiger partial charge >= 0.3 is 0 Å². The smallest absolute Gasteiger partial charge is 0.0540 e. The molecule has 0 aliphatic rings. The number of anilines is 3. The van der Waals surface area contributed by atoms with Gasteiger partial charge in [0.05, 0.1) is 5.69 Å². The highest BCUT2D eigenvalue weighted by molar-refractivity contribution is 6.23. The lowest BCUT2D eigenvalue weighted by molar-refractivity contribution is 1.29. The number of nitrogens with zero attached hydrogens (tertiary/aromatic N) is 1. The van der Waals surface area contributed by atoms with Crippen LogP contribution in [0.25, 0.3) is 98.4 Å². The molecule has 0 amide bonds. The van der Waals surface area contributed by atoms with Gasteiger partial charge in [0.1, 0.15) is 0 Å². The third-order valence-corrected chi connectivity index (χ3v) is 12.8. The van der Waals surface area contributed by atoms with Crippen LogP contribution in [0.5, 0.6) is 0 Å². The van der Waals surface area contributed by atoms with Crippen LogP contribution in [-0.4, -0.2) is 0 Å². The van der Waals surface area contributed by atoms with Gasteiger partial charge in [0, 0.05) is 16.9 Å². The second-order valence-corrected chi connectivity index (χ2v) is 16.5. The molecule has 0 aliphatic carbocycles. The normalized spacial score (nSPS) is 11.5. The molecule has 0 radical (unpaired) electrons. The molecule has 12 aromatic carbocycles. The molecular formula is C62H41N. The molecule has 0 saturated heterocycles. The van der Waals surface area contributed by atoms with Crippen molar-refractivity contribution in [2.24, 2.45) is 0 Å². The number of para-hydroxylation sites is 1. The Morgan fingerprint density at radius 2 is 0.730 bits per heavy atom. The molecule has 0 atom stereocenters. The minimum Gasteiger partial charge on any atom is -0.310 e. The molecule has 12 aromatic rings. The van der Waals surface area contributed by atoms with Gasteiger partial charge in [0.25, 0.3) is 0 Å². The summed E-state index contributed by atoms with van der Waals surface area (Å²) in [5.41, 5.74) is 12.7. The first-order valence-electron chi connectivity index (χ1n) is 21.7. The highest BCUT2D eigenvalue weighted by Gasteiger charge is 2.20. The Balaban J connectivity index is 1.04. The maximum absolute atomic E-state index is 2.45. The summed E-state index contributed by atoms with van der Waals surface area (Å²) in [5, 5.41) is 12.6. The van der Waals surface area contributed by atoms with Crippen molar-refractivity contribution in [2.75, 3.05) is 4.90 Å². The Morgan fingerprint density at radius 1 is 0.222 bits per heavy atom. The first kappa shape index (κ1) is 36.6. The van der Waals surface area contributed by atoms with Crippen molar-refractivity contribution >= 4 is 70.9 Å². The SMILES string of the molecule is c1ccc(-c2cc(-c3ccc(-c4cc5ccc6ccccc6c5c5ccccc45)cc3)cc(N(c3ccc4c(ccc5ccccc54)c3)c3ccccc3-c3ccccc3)c2)cc1. The molecule has 294 valence electrons. The summed E-state index contributed by atoms with van der Waals surface area (Å²) in [6, 6.07) is 91.2. The Kier molecular flexibility index (Phi) is 8.90. The summed E-state index contributed by atoms with van der Waals surface area (Å²) in [5.74, 6) is 0. The summed E-state index contributed by atoms with van der Waals surface area (Å²) >= 11 is 0. The maximum atomic E-state index is 2.45. The van der Waals surface area contributed by atoms with Crippen molar-refractivity contribution in [3.05, 3.63) is 249 Å². The lowest BCUT2D eigenvalue weighted by Gasteiger charge is -2.29. The zero-order chi connectivity index (χ0) is 41.7. The maximum Gasteiger partial charge on any atom is 0.0540 e. The van der Waals surface area contributed by atoms with Gasteiger partial charge in [0.2, 0.25) is 0 Å². The third kappa shape index (κ3) is 6.50. The lowest BCUT2D eigenvalue weighted by atomic mass is 9.90. The van der Waals surface area contributed by atoms with Gasteiger partial charge in [0.15, 0.2) is 0 Å². The van der Waals surface area contributed by atoms with Crippen molar-refractivity contribution in [3.8, 4) is 44.5 Å². The molecule has 0 spiro atoms. The van der Waals surface area contributed by atoms with Crippen LogP contribution in [0.2, 0.25) is 0 Å². The van der Waals surface area contributed by atoms with E-state index in [1.54, 1.807) is 0 Å². The second-order valence-electron chi connectivity index (χ2n) is 16.5. The highest BCUT2D eigenvalue weighted by Crippen LogP contribution is 2.45. The van der Waals surface area contributed by atoms with Gasteiger partial charge in [-0.2, -0.15) is 0 Å². The van der Waals surface area contributed by atoms with E-state index in [-0.39, 0.29) is 0 Å². The molecule has 1 heteroatoms. The first-order chi connectivity index (χ1) is 31.2. The number of hydrogen-bond donors (Lipinski definition) is 0. The molecule has 0 heterocycles. The molecule has 0 N–H and O–H groups in total. The quantitative estimate of drug-likeness (QED) is 0.145. The molecule has 12 rings (SSSR count). The molecular weight excluding hydrogens is 759 g/mol. The van der Waals surface area contributed by atoms with Gasteiger partial charge in [-0.25, -0.2) is 0 Å². The summed E-state index contributed by atoms with van der Waals surface area (Å²) in [4.78, 5) is 2.45. The molecule has 0 fully saturated rings. The van der Waals surface area contributed by atoms with Gasteiger partial charge in [-0.15, -0.1) is 0 Å². The Hall–Kier alpha value is -8.26. The molecule has 0 aliphatic heterocycles. The van der Waals surface area contributed by atoms with E-state index >= 15 is 0 Å². The monoisotopic (exact) mass is 799 g/mol. The van der Waals surface area contributed by atoms with Crippen molar-refractivity contribution in [2.45, 2.75) is 0 Å². The van der Waals surface area contributed by atoms with E-state index in [9.17, 15) is 0 Å². The molecule has 0 bridgehead atoms. The Bertz CT molecular complexity index is 3660. The summed E-state index contributed by atoms with van der Waals surface area (Å²) < 4.78 is 0. The third-order valence-electron chi connectivity index (χ3n) is 12.8. The molecule has 0 unspecified atom stereocenters. The van der Waals surface area contributed by atoms with Crippen LogP contribution in [-0.2, 0) is 0 Å². The second kappa shape index (κ2) is 15.3. The lowest BCUT2D eigenvalue weighted by Crippen LogP contribution is -2.11. The van der Waals surface area contributed by atoms with Crippen LogP contribution < -0.4 is 4.90 Å². The van der Waals surface area contributed by atoms with Crippen LogP contribution in [0.15, 0.2) is 249 Å². The minimum atomic E-state index is 1.09. The van der Waals surface area contributed by atoms with E-state index in [0.717, 1.165) is 33.8 Å². The van der Waals surface area contributed by atoms with E-state index < -0.39 is 0 Å². The van der Waals surface area contributed by atoms with Crippen LogP contribution >= 0.6 is 0 Å². The van der Waals surface area contributed by atoms with Gasteiger partial charge in [-0.3, -0.25) is 0 Å².